The Bertz CT molecular complexity index is 262. The largest absolute Gasteiger partial charge is 0.472 e. The molecular formula is C9H14FNO. The van der Waals surface area contributed by atoms with E-state index in [1.807, 2.05) is 0 Å². The van der Waals surface area contributed by atoms with Gasteiger partial charge in [0.2, 0.25) is 0 Å². The molecular weight excluding hydrogens is 157 g/mol. The maximum atomic E-state index is 13.6. The van der Waals surface area contributed by atoms with E-state index in [0.717, 1.165) is 5.56 Å². The Hall–Kier alpha value is -0.830. The molecule has 0 radical (unpaired) electrons. The molecule has 0 bridgehead atoms. The van der Waals surface area contributed by atoms with Gasteiger partial charge in [-0.3, -0.25) is 0 Å². The topological polar surface area (TPSA) is 39.2 Å². The van der Waals surface area contributed by atoms with Crippen LogP contribution in [-0.2, 0) is 0 Å². The van der Waals surface area contributed by atoms with Gasteiger partial charge in [-0.05, 0) is 26.3 Å². The van der Waals surface area contributed by atoms with Crippen molar-refractivity contribution in [3.63, 3.8) is 0 Å². The van der Waals surface area contributed by atoms with Crippen molar-refractivity contribution in [2.45, 2.75) is 32.5 Å². The van der Waals surface area contributed by atoms with Crippen molar-refractivity contribution >= 4 is 0 Å². The molecule has 1 atom stereocenters. The normalized spacial score (nSPS) is 14.8. The lowest BCUT2D eigenvalue weighted by Gasteiger charge is -2.23. The second-order valence-electron chi connectivity index (χ2n) is 3.69. The summed E-state index contributed by atoms with van der Waals surface area (Å²) in [5.74, 6) is 0. The van der Waals surface area contributed by atoms with Crippen molar-refractivity contribution in [1.29, 1.82) is 0 Å². The first-order chi connectivity index (χ1) is 5.43. The van der Waals surface area contributed by atoms with Gasteiger partial charge in [-0.25, -0.2) is 4.39 Å². The van der Waals surface area contributed by atoms with Gasteiger partial charge in [0.1, 0.15) is 6.17 Å². The molecule has 1 unspecified atom stereocenters. The lowest BCUT2D eigenvalue weighted by molar-refractivity contribution is 0.221. The van der Waals surface area contributed by atoms with E-state index < -0.39 is 11.7 Å². The van der Waals surface area contributed by atoms with E-state index >= 15 is 0 Å². The Labute approximate surface area is 71.6 Å². The fourth-order valence-electron chi connectivity index (χ4n) is 1.03. The highest BCUT2D eigenvalue weighted by Crippen LogP contribution is 2.30. The SMILES string of the molecule is Cc1cocc1C(F)C(C)(C)N. The molecule has 1 aromatic rings. The number of alkyl halides is 1. The third-order valence-electron chi connectivity index (χ3n) is 1.82. The van der Waals surface area contributed by atoms with E-state index in [1.165, 1.54) is 12.5 Å². The fourth-order valence-corrected chi connectivity index (χ4v) is 1.03. The third kappa shape index (κ3) is 1.67. The summed E-state index contributed by atoms with van der Waals surface area (Å²) in [6, 6.07) is 0. The van der Waals surface area contributed by atoms with Crippen LogP contribution in [0.25, 0.3) is 0 Å². The number of nitrogens with two attached hydrogens (primary N) is 1. The van der Waals surface area contributed by atoms with Gasteiger partial charge < -0.3 is 10.2 Å². The van der Waals surface area contributed by atoms with Crippen LogP contribution in [0.3, 0.4) is 0 Å². The van der Waals surface area contributed by atoms with Crippen LogP contribution in [-0.4, -0.2) is 5.54 Å². The Balaban J connectivity index is 2.92. The smallest absolute Gasteiger partial charge is 0.146 e. The second-order valence-corrected chi connectivity index (χ2v) is 3.69. The average molecular weight is 171 g/mol. The van der Waals surface area contributed by atoms with Gasteiger partial charge in [0.25, 0.3) is 0 Å². The molecule has 1 rings (SSSR count). The van der Waals surface area contributed by atoms with Gasteiger partial charge in [-0.15, -0.1) is 0 Å². The summed E-state index contributed by atoms with van der Waals surface area (Å²) in [6.45, 7) is 5.12. The van der Waals surface area contributed by atoms with Crippen LogP contribution >= 0.6 is 0 Å². The van der Waals surface area contributed by atoms with Crippen molar-refractivity contribution in [3.05, 3.63) is 23.7 Å². The van der Waals surface area contributed by atoms with Crippen molar-refractivity contribution in [1.82, 2.24) is 0 Å². The van der Waals surface area contributed by atoms with Gasteiger partial charge in [0.15, 0.2) is 0 Å². The predicted octanol–water partition coefficient (Wildman–Crippen LogP) is 2.34. The van der Waals surface area contributed by atoms with Gasteiger partial charge in [0, 0.05) is 11.1 Å². The van der Waals surface area contributed by atoms with Crippen LogP contribution < -0.4 is 5.73 Å². The highest BCUT2D eigenvalue weighted by Gasteiger charge is 2.28. The minimum atomic E-state index is -1.17. The monoisotopic (exact) mass is 171 g/mol. The second kappa shape index (κ2) is 2.90. The molecule has 1 heterocycles. The minimum Gasteiger partial charge on any atom is -0.472 e. The lowest BCUT2D eigenvalue weighted by atomic mass is 9.94. The van der Waals surface area contributed by atoms with Gasteiger partial charge >= 0.3 is 0 Å². The number of hydrogen-bond donors (Lipinski definition) is 1. The quantitative estimate of drug-likeness (QED) is 0.741. The zero-order valence-electron chi connectivity index (χ0n) is 7.60. The van der Waals surface area contributed by atoms with Crippen LogP contribution in [0.4, 0.5) is 4.39 Å². The summed E-state index contributed by atoms with van der Waals surface area (Å²) in [4.78, 5) is 0. The molecule has 0 amide bonds. The number of halogens is 1. The Morgan fingerprint density at radius 3 is 2.42 bits per heavy atom. The van der Waals surface area contributed by atoms with Crippen molar-refractivity contribution in [3.8, 4) is 0 Å². The van der Waals surface area contributed by atoms with Gasteiger partial charge in [-0.1, -0.05) is 0 Å². The molecule has 2 nitrogen and oxygen atoms in total. The van der Waals surface area contributed by atoms with Crippen LogP contribution in [0.1, 0.15) is 31.1 Å². The molecule has 0 saturated carbocycles. The van der Waals surface area contributed by atoms with Crippen molar-refractivity contribution < 1.29 is 8.81 Å². The molecule has 0 aliphatic rings. The van der Waals surface area contributed by atoms with Crippen LogP contribution in [0.5, 0.6) is 0 Å². The molecule has 12 heavy (non-hydrogen) atoms. The van der Waals surface area contributed by atoms with Crippen molar-refractivity contribution in [2.24, 2.45) is 5.73 Å². The lowest BCUT2D eigenvalue weighted by Crippen LogP contribution is -2.37. The molecule has 0 fully saturated rings. The number of furan rings is 1. The molecule has 0 aliphatic heterocycles. The number of rotatable bonds is 2. The van der Waals surface area contributed by atoms with E-state index in [-0.39, 0.29) is 0 Å². The highest BCUT2D eigenvalue weighted by molar-refractivity contribution is 5.24. The molecule has 1 aromatic heterocycles. The van der Waals surface area contributed by atoms with Gasteiger partial charge in [-0.2, -0.15) is 0 Å². The highest BCUT2D eigenvalue weighted by atomic mass is 19.1. The summed E-state index contributed by atoms with van der Waals surface area (Å²) in [5, 5.41) is 0. The standard InChI is InChI=1S/C9H14FNO/c1-6-4-12-5-7(6)8(10)9(2,3)11/h4-5,8H,11H2,1-3H3. The maximum Gasteiger partial charge on any atom is 0.146 e. The predicted molar refractivity (Wildman–Crippen MR) is 45.6 cm³/mol. The summed E-state index contributed by atoms with van der Waals surface area (Å²) < 4.78 is 18.4. The molecule has 0 aliphatic carbocycles. The van der Waals surface area contributed by atoms with Crippen LogP contribution in [0, 0.1) is 6.92 Å². The molecule has 68 valence electrons. The Morgan fingerprint density at radius 2 is 2.08 bits per heavy atom. The molecule has 2 N–H and O–H groups in total. The summed E-state index contributed by atoms with van der Waals surface area (Å²) >= 11 is 0. The Morgan fingerprint density at radius 1 is 1.50 bits per heavy atom. The minimum absolute atomic E-state index is 0.544. The zero-order chi connectivity index (χ0) is 9.35. The maximum absolute atomic E-state index is 13.6. The Kier molecular flexibility index (Phi) is 2.24. The van der Waals surface area contributed by atoms with Crippen LogP contribution in [0.15, 0.2) is 16.9 Å². The first kappa shape index (κ1) is 9.26. The van der Waals surface area contributed by atoms with Crippen LogP contribution in [0.2, 0.25) is 0 Å². The van der Waals surface area contributed by atoms with E-state index in [0.29, 0.717) is 5.56 Å². The summed E-state index contributed by atoms with van der Waals surface area (Å²) in [5.41, 5.74) is 6.12. The third-order valence-corrected chi connectivity index (χ3v) is 1.82. The first-order valence-corrected chi connectivity index (χ1v) is 3.88. The van der Waals surface area contributed by atoms with E-state index in [2.05, 4.69) is 0 Å². The molecule has 0 saturated heterocycles. The number of aryl methyl sites for hydroxylation is 1. The van der Waals surface area contributed by atoms with E-state index in [1.54, 1.807) is 20.8 Å². The van der Waals surface area contributed by atoms with E-state index in [4.69, 9.17) is 10.2 Å². The zero-order valence-corrected chi connectivity index (χ0v) is 7.60. The summed E-state index contributed by atoms with van der Waals surface area (Å²) in [7, 11) is 0. The van der Waals surface area contributed by atoms with E-state index in [9.17, 15) is 4.39 Å². The molecule has 3 heteroatoms. The number of hydrogen-bond acceptors (Lipinski definition) is 2. The van der Waals surface area contributed by atoms with Crippen molar-refractivity contribution in [2.75, 3.05) is 0 Å². The first-order valence-electron chi connectivity index (χ1n) is 3.88. The molecule has 0 spiro atoms. The fraction of sp³-hybridized carbons (Fsp3) is 0.556. The summed E-state index contributed by atoms with van der Waals surface area (Å²) in [6.07, 6.45) is 1.76. The average Bonchev–Trinajstić information content (AvgIpc) is 2.31. The molecule has 0 aromatic carbocycles. The van der Waals surface area contributed by atoms with Gasteiger partial charge in [0.05, 0.1) is 12.5 Å².